The first-order chi connectivity index (χ1) is 15.4. The molecular formula is C23H18ClN3O5. The largest absolute Gasteiger partial charge is 0.482 e. The molecule has 8 nitrogen and oxygen atoms in total. The molecule has 0 spiro atoms. The number of allylic oxidation sites excluding steroid dienone is 2. The molecule has 0 unspecified atom stereocenters. The minimum atomic E-state index is -0.556. The quantitative estimate of drug-likeness (QED) is 0.217. The molecule has 0 aromatic heterocycles. The van der Waals surface area contributed by atoms with Crippen molar-refractivity contribution in [1.82, 2.24) is 5.01 Å². The molecule has 1 heterocycles. The van der Waals surface area contributed by atoms with E-state index >= 15 is 0 Å². The highest BCUT2D eigenvalue weighted by Crippen LogP contribution is 2.52. The molecule has 2 amide bonds. The lowest BCUT2D eigenvalue weighted by atomic mass is 9.85. The van der Waals surface area contributed by atoms with Crippen LogP contribution < -0.4 is 4.74 Å². The van der Waals surface area contributed by atoms with Crippen molar-refractivity contribution in [3.63, 3.8) is 0 Å². The van der Waals surface area contributed by atoms with E-state index in [4.69, 9.17) is 16.3 Å². The number of carbonyl (C=O) groups is 2. The van der Waals surface area contributed by atoms with E-state index in [0.717, 1.165) is 11.4 Å². The SMILES string of the molecule is O=C1[C@@H]2[C@H](C(=O)N1N=Cc1ccc(OCc3ccccc3Cl)c([N+](=O)[O-])c1)[C@H]1C=C[C@H]2C1. The number of imide groups is 1. The number of benzene rings is 2. The van der Waals surface area contributed by atoms with Gasteiger partial charge in [-0.1, -0.05) is 42.0 Å². The standard InChI is InChI=1S/C23H18ClN3O5/c24-17-4-2-1-3-16(17)12-32-19-8-5-13(9-18(19)27(30)31)11-25-26-22(28)20-14-6-7-15(10-14)21(20)23(26)29/h1-9,11,14-15,20-21H,10,12H2/t14-,15-,20-,21+/m0/s1. The summed E-state index contributed by atoms with van der Waals surface area (Å²) >= 11 is 6.11. The minimum absolute atomic E-state index is 0.0733. The highest BCUT2D eigenvalue weighted by Gasteiger charge is 2.59. The van der Waals surface area contributed by atoms with Crippen molar-refractivity contribution in [3.8, 4) is 5.75 Å². The second-order valence-electron chi connectivity index (χ2n) is 8.10. The number of amides is 2. The van der Waals surface area contributed by atoms with Gasteiger partial charge in [-0.05, 0) is 36.5 Å². The van der Waals surface area contributed by atoms with Gasteiger partial charge in [0.1, 0.15) is 6.61 Å². The molecule has 32 heavy (non-hydrogen) atoms. The lowest BCUT2D eigenvalue weighted by Gasteiger charge is -2.13. The van der Waals surface area contributed by atoms with Crippen LogP contribution in [0.1, 0.15) is 17.5 Å². The van der Waals surface area contributed by atoms with Gasteiger partial charge in [-0.3, -0.25) is 19.7 Å². The van der Waals surface area contributed by atoms with E-state index in [2.05, 4.69) is 5.10 Å². The van der Waals surface area contributed by atoms with Crippen LogP contribution in [0, 0.1) is 33.8 Å². The van der Waals surface area contributed by atoms with Crippen LogP contribution >= 0.6 is 11.6 Å². The summed E-state index contributed by atoms with van der Waals surface area (Å²) in [6.07, 6.45) is 6.15. The zero-order valence-electron chi connectivity index (χ0n) is 16.8. The zero-order chi connectivity index (χ0) is 22.4. The number of hydrogen-bond donors (Lipinski definition) is 0. The lowest BCUT2D eigenvalue weighted by molar-refractivity contribution is -0.385. The zero-order valence-corrected chi connectivity index (χ0v) is 17.5. The van der Waals surface area contributed by atoms with Gasteiger partial charge in [-0.25, -0.2) is 0 Å². The van der Waals surface area contributed by atoms with Gasteiger partial charge >= 0.3 is 5.69 Å². The summed E-state index contributed by atoms with van der Waals surface area (Å²) in [4.78, 5) is 36.4. The third kappa shape index (κ3) is 3.36. The number of hydrogen-bond acceptors (Lipinski definition) is 6. The first kappa shape index (κ1) is 20.4. The molecule has 2 aromatic rings. The average Bonchev–Trinajstić information content (AvgIpc) is 3.46. The maximum absolute atomic E-state index is 12.7. The number of carbonyl (C=O) groups excluding carboxylic acids is 2. The number of ether oxygens (including phenoxy) is 1. The van der Waals surface area contributed by atoms with Crippen LogP contribution in [0.5, 0.6) is 5.75 Å². The Kier molecular flexibility index (Phi) is 5.01. The van der Waals surface area contributed by atoms with E-state index in [-0.39, 0.29) is 53.5 Å². The fourth-order valence-corrected chi connectivity index (χ4v) is 4.97. The van der Waals surface area contributed by atoms with Crippen LogP contribution in [0.4, 0.5) is 5.69 Å². The Labute approximate surface area is 188 Å². The van der Waals surface area contributed by atoms with Gasteiger partial charge in [0.2, 0.25) is 0 Å². The van der Waals surface area contributed by atoms with Gasteiger partial charge in [-0.2, -0.15) is 10.1 Å². The summed E-state index contributed by atoms with van der Waals surface area (Å²) in [6.45, 7) is 0.0733. The van der Waals surface area contributed by atoms with Crippen molar-refractivity contribution in [2.75, 3.05) is 0 Å². The fraction of sp³-hybridized carbons (Fsp3) is 0.261. The normalized spacial score (nSPS) is 25.7. The topological polar surface area (TPSA) is 102 Å². The maximum Gasteiger partial charge on any atom is 0.311 e. The number of nitro benzene ring substituents is 1. The summed E-state index contributed by atoms with van der Waals surface area (Å²) in [5, 5.41) is 17.0. The molecule has 4 atom stereocenters. The summed E-state index contributed by atoms with van der Waals surface area (Å²) in [6, 6.07) is 11.4. The summed E-state index contributed by atoms with van der Waals surface area (Å²) in [5.74, 6) is -1.02. The highest BCUT2D eigenvalue weighted by atomic mass is 35.5. The van der Waals surface area contributed by atoms with E-state index in [1.54, 1.807) is 30.3 Å². The van der Waals surface area contributed by atoms with Crippen molar-refractivity contribution < 1.29 is 19.2 Å². The second-order valence-corrected chi connectivity index (χ2v) is 8.50. The number of nitro groups is 1. The Bertz CT molecular complexity index is 1160. The molecule has 2 aliphatic carbocycles. The molecule has 2 bridgehead atoms. The first-order valence-electron chi connectivity index (χ1n) is 10.2. The molecule has 1 saturated heterocycles. The maximum atomic E-state index is 12.7. The van der Waals surface area contributed by atoms with Crippen molar-refractivity contribution in [2.24, 2.45) is 28.8 Å². The predicted molar refractivity (Wildman–Crippen MR) is 116 cm³/mol. The summed E-state index contributed by atoms with van der Waals surface area (Å²) in [5.41, 5.74) is 0.828. The van der Waals surface area contributed by atoms with E-state index < -0.39 is 4.92 Å². The Hall–Kier alpha value is -3.52. The number of hydrazone groups is 1. The van der Waals surface area contributed by atoms with E-state index in [1.807, 2.05) is 12.2 Å². The molecule has 0 N–H and O–H groups in total. The van der Waals surface area contributed by atoms with Crippen LogP contribution in [0.15, 0.2) is 59.7 Å². The monoisotopic (exact) mass is 451 g/mol. The van der Waals surface area contributed by atoms with Crippen LogP contribution in [-0.4, -0.2) is 28.0 Å². The number of rotatable bonds is 6. The molecule has 1 saturated carbocycles. The molecule has 2 aromatic carbocycles. The molecule has 9 heteroatoms. The van der Waals surface area contributed by atoms with E-state index in [9.17, 15) is 19.7 Å². The lowest BCUT2D eigenvalue weighted by Crippen LogP contribution is -2.28. The van der Waals surface area contributed by atoms with Gasteiger partial charge in [0.25, 0.3) is 11.8 Å². The molecule has 2 fully saturated rings. The highest BCUT2D eigenvalue weighted by molar-refractivity contribution is 6.31. The first-order valence-corrected chi connectivity index (χ1v) is 10.6. The van der Waals surface area contributed by atoms with E-state index in [1.165, 1.54) is 18.3 Å². The molecule has 0 radical (unpaired) electrons. The molecule has 1 aliphatic heterocycles. The Balaban J connectivity index is 1.33. The predicted octanol–water partition coefficient (Wildman–Crippen LogP) is 3.97. The van der Waals surface area contributed by atoms with Crippen LogP contribution in [0.3, 0.4) is 0 Å². The van der Waals surface area contributed by atoms with Crippen molar-refractivity contribution >= 4 is 35.3 Å². The summed E-state index contributed by atoms with van der Waals surface area (Å²) < 4.78 is 5.62. The van der Waals surface area contributed by atoms with Crippen molar-refractivity contribution in [1.29, 1.82) is 0 Å². The van der Waals surface area contributed by atoms with Crippen LogP contribution in [0.2, 0.25) is 5.02 Å². The second kappa shape index (κ2) is 7.87. The van der Waals surface area contributed by atoms with Gasteiger partial charge in [-0.15, -0.1) is 0 Å². The minimum Gasteiger partial charge on any atom is -0.482 e. The third-order valence-electron chi connectivity index (χ3n) is 6.29. The van der Waals surface area contributed by atoms with Crippen LogP contribution in [0.25, 0.3) is 0 Å². The van der Waals surface area contributed by atoms with E-state index in [0.29, 0.717) is 16.1 Å². The van der Waals surface area contributed by atoms with Gasteiger partial charge in [0, 0.05) is 22.2 Å². The molecule has 162 valence electrons. The Morgan fingerprint density at radius 2 is 1.81 bits per heavy atom. The van der Waals surface area contributed by atoms with Gasteiger partial charge in [0.05, 0.1) is 23.0 Å². The Morgan fingerprint density at radius 3 is 2.47 bits per heavy atom. The van der Waals surface area contributed by atoms with Crippen LogP contribution in [-0.2, 0) is 16.2 Å². The third-order valence-corrected chi connectivity index (χ3v) is 6.66. The summed E-state index contributed by atoms with van der Waals surface area (Å²) in [7, 11) is 0. The number of nitrogens with zero attached hydrogens (tertiary/aromatic N) is 3. The van der Waals surface area contributed by atoms with Gasteiger partial charge < -0.3 is 4.74 Å². The molecular weight excluding hydrogens is 434 g/mol. The fourth-order valence-electron chi connectivity index (χ4n) is 4.78. The van der Waals surface area contributed by atoms with Crippen molar-refractivity contribution in [3.05, 3.63) is 80.9 Å². The van der Waals surface area contributed by atoms with Crippen molar-refractivity contribution in [2.45, 2.75) is 13.0 Å². The number of halogens is 1. The Morgan fingerprint density at radius 1 is 1.12 bits per heavy atom. The smallest absolute Gasteiger partial charge is 0.311 e. The molecule has 3 aliphatic rings. The number of fused-ring (bicyclic) bond motifs is 5. The molecule has 5 rings (SSSR count). The van der Waals surface area contributed by atoms with Gasteiger partial charge in [0.15, 0.2) is 5.75 Å². The average molecular weight is 452 g/mol.